The van der Waals surface area contributed by atoms with Crippen molar-refractivity contribution in [3.05, 3.63) is 0 Å². The van der Waals surface area contributed by atoms with Crippen LogP contribution in [0.3, 0.4) is 0 Å². The molecule has 0 spiro atoms. The molecule has 0 saturated carbocycles. The highest BCUT2D eigenvalue weighted by Gasteiger charge is 2.52. The van der Waals surface area contributed by atoms with Gasteiger partial charge in [0, 0.05) is 38.5 Å². The molecule has 0 aromatic heterocycles. The molecule has 0 aliphatic heterocycles. The van der Waals surface area contributed by atoms with Crippen LogP contribution in [-0.2, 0) is 21.8 Å². The third kappa shape index (κ3) is 8.70. The van der Waals surface area contributed by atoms with Crippen molar-refractivity contribution < 1.29 is 21.8 Å². The van der Waals surface area contributed by atoms with Gasteiger partial charge in [0.15, 0.2) is 0 Å². The first-order valence-electron chi connectivity index (χ1n) is 8.73. The summed E-state index contributed by atoms with van der Waals surface area (Å²) in [5, 5.41) is 0. The van der Waals surface area contributed by atoms with E-state index in [1.807, 2.05) is 27.7 Å². The highest BCUT2D eigenvalue weighted by Crippen LogP contribution is 2.27. The first kappa shape index (κ1) is 23.2. The van der Waals surface area contributed by atoms with Crippen molar-refractivity contribution in [3.63, 3.8) is 0 Å². The number of hydrogen-bond donors (Lipinski definition) is 2. The first-order valence-corrected chi connectivity index (χ1v) is 12.6. The molecule has 0 fully saturated rings. The van der Waals surface area contributed by atoms with Gasteiger partial charge < -0.3 is 33.3 Å². The molecule has 140 valence electrons. The summed E-state index contributed by atoms with van der Waals surface area (Å²) in [6.07, 6.45) is 1.57. The van der Waals surface area contributed by atoms with Crippen molar-refractivity contribution in [2.75, 3.05) is 39.5 Å². The lowest BCUT2D eigenvalue weighted by molar-refractivity contribution is 0.0491. The molecule has 0 unspecified atom stereocenters. The fraction of sp³-hybridized carbons (Fsp3) is 1.00. The summed E-state index contributed by atoms with van der Waals surface area (Å²) in [5.41, 5.74) is 11.4. The van der Waals surface area contributed by atoms with Gasteiger partial charge in [0.2, 0.25) is 0 Å². The van der Waals surface area contributed by atoms with Crippen LogP contribution >= 0.6 is 0 Å². The van der Waals surface area contributed by atoms with Crippen LogP contribution in [0.2, 0.25) is 12.1 Å². The van der Waals surface area contributed by atoms with E-state index >= 15 is 0 Å². The van der Waals surface area contributed by atoms with Crippen LogP contribution in [0.25, 0.3) is 0 Å². The Bertz CT molecular complexity index is 250. The summed E-state index contributed by atoms with van der Waals surface area (Å²) in [7, 11) is -5.77. The molecule has 0 radical (unpaired) electrons. The minimum absolute atomic E-state index is 0.524. The van der Waals surface area contributed by atoms with Crippen molar-refractivity contribution in [1.29, 1.82) is 0 Å². The summed E-state index contributed by atoms with van der Waals surface area (Å²) in [6, 6.07) is 1.34. The fourth-order valence-electron chi connectivity index (χ4n) is 2.35. The molecular weight excluding hydrogens is 332 g/mol. The largest absolute Gasteiger partial charge is 0.493 e. The van der Waals surface area contributed by atoms with E-state index in [9.17, 15) is 0 Å². The summed E-state index contributed by atoms with van der Waals surface area (Å²) in [5.74, 6) is 0. The van der Waals surface area contributed by atoms with Crippen LogP contribution in [0.1, 0.15) is 40.5 Å². The van der Waals surface area contributed by atoms with Gasteiger partial charge in [-0.2, -0.15) is 0 Å². The predicted octanol–water partition coefficient (Wildman–Crippen LogP) is 1.72. The molecule has 0 atom stereocenters. The molecule has 0 aliphatic carbocycles. The zero-order chi connectivity index (χ0) is 17.6. The van der Waals surface area contributed by atoms with Crippen LogP contribution in [0, 0.1) is 0 Å². The Labute approximate surface area is 143 Å². The van der Waals surface area contributed by atoms with Crippen LogP contribution in [-0.4, -0.2) is 57.1 Å². The number of nitrogens with two attached hydrogens (primary N) is 2. The van der Waals surface area contributed by atoms with Crippen LogP contribution in [0.4, 0.5) is 0 Å². The van der Waals surface area contributed by atoms with Gasteiger partial charge in [-0.05, 0) is 53.6 Å². The van der Waals surface area contributed by atoms with Crippen LogP contribution in [0.15, 0.2) is 0 Å². The number of hydrogen-bond acceptors (Lipinski definition) is 7. The molecule has 0 saturated heterocycles. The molecule has 0 heterocycles. The lowest BCUT2D eigenvalue weighted by Gasteiger charge is -2.38. The normalized spacial score (nSPS) is 12.8. The van der Waals surface area contributed by atoms with E-state index in [0.717, 1.165) is 12.8 Å². The van der Waals surface area contributed by atoms with Crippen molar-refractivity contribution >= 4 is 17.6 Å². The van der Waals surface area contributed by atoms with E-state index in [-0.39, 0.29) is 0 Å². The van der Waals surface area contributed by atoms with Gasteiger partial charge in [-0.15, -0.1) is 0 Å². The average Bonchev–Trinajstić information content (AvgIpc) is 2.52. The second kappa shape index (κ2) is 13.4. The Morgan fingerprint density at radius 2 is 0.913 bits per heavy atom. The van der Waals surface area contributed by atoms with Gasteiger partial charge in [-0.3, -0.25) is 0 Å². The second-order valence-electron chi connectivity index (χ2n) is 4.98. The minimum atomic E-state index is -2.89. The van der Waals surface area contributed by atoms with Crippen molar-refractivity contribution in [2.45, 2.75) is 52.6 Å². The summed E-state index contributed by atoms with van der Waals surface area (Å²) in [4.78, 5) is 0. The smallest absolute Gasteiger partial charge is 0.374 e. The summed E-state index contributed by atoms with van der Waals surface area (Å²) < 4.78 is 30.4. The highest BCUT2D eigenvalue weighted by atomic mass is 28.5. The van der Waals surface area contributed by atoms with Gasteiger partial charge in [0.1, 0.15) is 0 Å². The lowest BCUT2D eigenvalue weighted by Crippen LogP contribution is -2.59. The Hall–Kier alpha value is 0.154. The van der Waals surface area contributed by atoms with Gasteiger partial charge in [0.25, 0.3) is 0 Å². The van der Waals surface area contributed by atoms with Crippen molar-refractivity contribution in [2.24, 2.45) is 11.5 Å². The van der Waals surface area contributed by atoms with E-state index in [0.29, 0.717) is 51.6 Å². The molecule has 4 N–H and O–H groups in total. The van der Waals surface area contributed by atoms with E-state index in [4.69, 9.17) is 33.3 Å². The van der Waals surface area contributed by atoms with Gasteiger partial charge in [-0.1, -0.05) is 0 Å². The van der Waals surface area contributed by atoms with Gasteiger partial charge in [0.05, 0.1) is 0 Å². The molecular formula is C14H36N2O5Si2. The fourth-order valence-corrected chi connectivity index (χ4v) is 9.78. The summed E-state index contributed by atoms with van der Waals surface area (Å²) >= 11 is 0. The Morgan fingerprint density at radius 3 is 1.13 bits per heavy atom. The molecule has 0 aliphatic rings. The van der Waals surface area contributed by atoms with Gasteiger partial charge in [-0.25, -0.2) is 0 Å². The van der Waals surface area contributed by atoms with Crippen molar-refractivity contribution in [1.82, 2.24) is 0 Å². The highest BCUT2D eigenvalue weighted by molar-refractivity contribution is 6.75. The zero-order valence-corrected chi connectivity index (χ0v) is 17.3. The molecule has 0 bridgehead atoms. The Morgan fingerprint density at radius 1 is 0.609 bits per heavy atom. The molecule has 9 heteroatoms. The zero-order valence-electron chi connectivity index (χ0n) is 15.3. The maximum absolute atomic E-state index is 6.47. The van der Waals surface area contributed by atoms with Crippen LogP contribution < -0.4 is 11.5 Å². The lowest BCUT2D eigenvalue weighted by atomic mass is 10.5. The summed E-state index contributed by atoms with van der Waals surface area (Å²) in [6.45, 7) is 11.0. The maximum Gasteiger partial charge on any atom is 0.493 e. The molecule has 0 aromatic rings. The third-order valence-electron chi connectivity index (χ3n) is 3.14. The van der Waals surface area contributed by atoms with Crippen LogP contribution in [0.5, 0.6) is 0 Å². The van der Waals surface area contributed by atoms with E-state index in [1.54, 1.807) is 0 Å². The molecule has 0 aromatic carbocycles. The first-order chi connectivity index (χ1) is 11.1. The average molecular weight is 369 g/mol. The maximum atomic E-state index is 6.47. The Kier molecular flexibility index (Phi) is 13.5. The molecule has 0 amide bonds. The third-order valence-corrected chi connectivity index (χ3v) is 10.5. The van der Waals surface area contributed by atoms with E-state index < -0.39 is 17.6 Å². The van der Waals surface area contributed by atoms with E-state index in [2.05, 4.69) is 0 Å². The number of rotatable bonds is 16. The SMILES string of the molecule is CCO[Si](CCCN)(OCC)O[Si](CCCN)(OCC)OCC. The van der Waals surface area contributed by atoms with Gasteiger partial charge >= 0.3 is 17.6 Å². The quantitative estimate of drug-likeness (QED) is 0.400. The molecule has 0 rings (SSSR count). The standard InChI is InChI=1S/C14H36N2O5Si2/c1-5-17-22(18-6-2,13-9-11-15)21-23(19-7-3,20-8-4)14-10-12-16/h5-16H2,1-4H3. The topological polar surface area (TPSA) is 98.2 Å². The monoisotopic (exact) mass is 368 g/mol. The molecule has 23 heavy (non-hydrogen) atoms. The predicted molar refractivity (Wildman–Crippen MR) is 96.1 cm³/mol. The molecule has 7 nitrogen and oxygen atoms in total. The van der Waals surface area contributed by atoms with Crippen molar-refractivity contribution in [3.8, 4) is 0 Å². The second-order valence-corrected chi connectivity index (χ2v) is 10.7. The Balaban J connectivity index is 5.39. The van der Waals surface area contributed by atoms with E-state index in [1.165, 1.54) is 0 Å². The minimum Gasteiger partial charge on any atom is -0.374 e.